The van der Waals surface area contributed by atoms with Gasteiger partial charge in [0.1, 0.15) is 11.4 Å². The molecule has 0 saturated heterocycles. The molecule has 0 unspecified atom stereocenters. The third-order valence-electron chi connectivity index (χ3n) is 3.13. The van der Waals surface area contributed by atoms with E-state index in [9.17, 15) is 4.79 Å². The molecule has 0 aliphatic carbocycles. The zero-order valence-electron chi connectivity index (χ0n) is 10.8. The highest BCUT2D eigenvalue weighted by molar-refractivity contribution is 7.19. The Morgan fingerprint density at radius 2 is 2.00 bits per heavy atom. The summed E-state index contributed by atoms with van der Waals surface area (Å²) in [4.78, 5) is 16.7. The molecule has 4 rings (SSSR count). The number of hydrogen-bond donors (Lipinski definition) is 0. The molecule has 21 heavy (non-hydrogen) atoms. The Morgan fingerprint density at radius 1 is 1.14 bits per heavy atom. The van der Waals surface area contributed by atoms with Crippen LogP contribution in [-0.4, -0.2) is 20.9 Å². The lowest BCUT2D eigenvalue weighted by molar-refractivity contribution is 0.111. The lowest BCUT2D eigenvalue weighted by Gasteiger charge is -1.96. The fraction of sp³-hybridized carbons (Fsp3) is 0. The first kappa shape index (κ1) is 12.0. The van der Waals surface area contributed by atoms with Crippen LogP contribution < -0.4 is 0 Å². The van der Waals surface area contributed by atoms with Gasteiger partial charge in [0.2, 0.25) is 4.96 Å². The Labute approximate surface area is 123 Å². The van der Waals surface area contributed by atoms with Crippen molar-refractivity contribution >= 4 is 22.6 Å². The number of rotatable bonds is 3. The Balaban J connectivity index is 1.92. The molecule has 0 bridgehead atoms. The quantitative estimate of drug-likeness (QED) is 0.542. The van der Waals surface area contributed by atoms with Gasteiger partial charge in [-0.1, -0.05) is 41.7 Å². The maximum absolute atomic E-state index is 11.5. The van der Waals surface area contributed by atoms with Crippen molar-refractivity contribution in [3.05, 3.63) is 54.4 Å². The van der Waals surface area contributed by atoms with Crippen molar-refractivity contribution in [3.8, 4) is 22.0 Å². The van der Waals surface area contributed by atoms with Crippen LogP contribution in [0.3, 0.4) is 0 Å². The molecule has 4 aromatic rings. The number of furan rings is 1. The van der Waals surface area contributed by atoms with Gasteiger partial charge in [-0.15, -0.1) is 0 Å². The van der Waals surface area contributed by atoms with Crippen LogP contribution in [0.15, 0.2) is 53.1 Å². The van der Waals surface area contributed by atoms with E-state index in [2.05, 4.69) is 10.1 Å². The summed E-state index contributed by atoms with van der Waals surface area (Å²) in [6, 6.07) is 13.2. The van der Waals surface area contributed by atoms with E-state index in [1.165, 1.54) is 11.3 Å². The number of carbonyl (C=O) groups excluding carboxylic acids is 1. The van der Waals surface area contributed by atoms with Crippen LogP contribution in [-0.2, 0) is 0 Å². The first-order valence-electron chi connectivity index (χ1n) is 6.31. The van der Waals surface area contributed by atoms with Gasteiger partial charge < -0.3 is 4.42 Å². The Kier molecular flexibility index (Phi) is 2.68. The lowest BCUT2D eigenvalue weighted by atomic mass is 10.1. The summed E-state index contributed by atoms with van der Waals surface area (Å²) in [5.41, 5.74) is 2.00. The number of aldehydes is 1. The van der Waals surface area contributed by atoms with Crippen LogP contribution in [0.4, 0.5) is 0 Å². The van der Waals surface area contributed by atoms with Gasteiger partial charge in [-0.3, -0.25) is 4.79 Å². The summed E-state index contributed by atoms with van der Waals surface area (Å²) in [6.45, 7) is 0. The minimum Gasteiger partial charge on any atom is -0.462 e. The third kappa shape index (κ3) is 1.88. The van der Waals surface area contributed by atoms with Gasteiger partial charge in [-0.2, -0.15) is 9.61 Å². The van der Waals surface area contributed by atoms with Crippen LogP contribution in [0.5, 0.6) is 0 Å². The van der Waals surface area contributed by atoms with E-state index < -0.39 is 0 Å². The number of hydrogen-bond acceptors (Lipinski definition) is 5. The summed E-state index contributed by atoms with van der Waals surface area (Å²) >= 11 is 1.39. The van der Waals surface area contributed by atoms with E-state index >= 15 is 0 Å². The average Bonchev–Trinajstić information content (AvgIpc) is 3.22. The number of fused-ring (bicyclic) bond motifs is 1. The Hall–Kier alpha value is -2.73. The van der Waals surface area contributed by atoms with Crippen molar-refractivity contribution in [1.29, 1.82) is 0 Å². The molecule has 3 aromatic heterocycles. The molecule has 0 atom stereocenters. The maximum atomic E-state index is 11.5. The van der Waals surface area contributed by atoms with Crippen LogP contribution in [0.1, 0.15) is 10.5 Å². The SMILES string of the molecule is O=Cc1c(-c2ccccc2)nc2sc(-c3ccco3)nn12. The van der Waals surface area contributed by atoms with Gasteiger partial charge in [0, 0.05) is 5.56 Å². The highest BCUT2D eigenvalue weighted by Gasteiger charge is 2.18. The number of benzene rings is 1. The number of nitrogens with zero attached hydrogens (tertiary/aromatic N) is 3. The Morgan fingerprint density at radius 3 is 2.71 bits per heavy atom. The first-order chi connectivity index (χ1) is 10.4. The minimum absolute atomic E-state index is 0.449. The van der Waals surface area contributed by atoms with Gasteiger partial charge in [0.25, 0.3) is 0 Å². The monoisotopic (exact) mass is 295 g/mol. The molecule has 6 heteroatoms. The second-order valence-corrected chi connectivity index (χ2v) is 5.36. The second kappa shape index (κ2) is 4.68. The normalized spacial score (nSPS) is 11.0. The molecular weight excluding hydrogens is 286 g/mol. The van der Waals surface area contributed by atoms with E-state index in [0.29, 0.717) is 27.1 Å². The highest BCUT2D eigenvalue weighted by atomic mass is 32.1. The lowest BCUT2D eigenvalue weighted by Crippen LogP contribution is -1.93. The van der Waals surface area contributed by atoms with Gasteiger partial charge in [0.05, 0.1) is 6.26 Å². The van der Waals surface area contributed by atoms with Gasteiger partial charge in [-0.05, 0) is 12.1 Å². The van der Waals surface area contributed by atoms with Gasteiger partial charge >= 0.3 is 0 Å². The molecule has 5 nitrogen and oxygen atoms in total. The largest absolute Gasteiger partial charge is 0.462 e. The second-order valence-electron chi connectivity index (χ2n) is 4.41. The van der Waals surface area contributed by atoms with Crippen LogP contribution >= 0.6 is 11.3 Å². The van der Waals surface area contributed by atoms with Crippen molar-refractivity contribution in [3.63, 3.8) is 0 Å². The topological polar surface area (TPSA) is 60.4 Å². The van der Waals surface area contributed by atoms with Gasteiger partial charge in [0.15, 0.2) is 17.1 Å². The van der Waals surface area contributed by atoms with E-state index in [1.54, 1.807) is 16.8 Å². The Bertz CT molecular complexity index is 907. The highest BCUT2D eigenvalue weighted by Crippen LogP contribution is 2.30. The van der Waals surface area contributed by atoms with E-state index in [4.69, 9.17) is 4.42 Å². The smallest absolute Gasteiger partial charge is 0.213 e. The predicted octanol–water partition coefficient (Wildman–Crippen LogP) is 3.53. The summed E-state index contributed by atoms with van der Waals surface area (Å²) < 4.78 is 6.89. The molecule has 0 aliphatic rings. The first-order valence-corrected chi connectivity index (χ1v) is 7.12. The molecule has 0 saturated carbocycles. The minimum atomic E-state index is 0.449. The van der Waals surface area contributed by atoms with E-state index in [-0.39, 0.29) is 0 Å². The predicted molar refractivity (Wildman–Crippen MR) is 79.4 cm³/mol. The van der Waals surface area contributed by atoms with Crippen molar-refractivity contribution in [2.75, 3.05) is 0 Å². The molecule has 0 N–H and O–H groups in total. The molecule has 102 valence electrons. The molecule has 3 heterocycles. The molecule has 0 fully saturated rings. The van der Waals surface area contributed by atoms with Crippen LogP contribution in [0.2, 0.25) is 0 Å². The fourth-order valence-corrected chi connectivity index (χ4v) is 3.05. The summed E-state index contributed by atoms with van der Waals surface area (Å²) in [5.74, 6) is 0.670. The average molecular weight is 295 g/mol. The number of carbonyl (C=O) groups is 1. The molecular formula is C15H9N3O2S. The number of aromatic nitrogens is 3. The van der Waals surface area contributed by atoms with Crippen molar-refractivity contribution < 1.29 is 9.21 Å². The summed E-state index contributed by atoms with van der Waals surface area (Å²) in [5, 5.41) is 5.12. The molecule has 1 aromatic carbocycles. The molecule has 0 aliphatic heterocycles. The number of imidazole rings is 1. The summed E-state index contributed by atoms with van der Waals surface area (Å²) in [6.07, 6.45) is 2.38. The summed E-state index contributed by atoms with van der Waals surface area (Å²) in [7, 11) is 0. The van der Waals surface area contributed by atoms with E-state index in [1.807, 2.05) is 36.4 Å². The van der Waals surface area contributed by atoms with Crippen molar-refractivity contribution in [2.45, 2.75) is 0 Å². The maximum Gasteiger partial charge on any atom is 0.213 e. The van der Waals surface area contributed by atoms with Crippen molar-refractivity contribution in [2.24, 2.45) is 0 Å². The van der Waals surface area contributed by atoms with Crippen molar-refractivity contribution in [1.82, 2.24) is 14.6 Å². The van der Waals surface area contributed by atoms with Crippen LogP contribution in [0.25, 0.3) is 27.0 Å². The zero-order valence-corrected chi connectivity index (χ0v) is 11.6. The van der Waals surface area contributed by atoms with E-state index in [0.717, 1.165) is 11.8 Å². The van der Waals surface area contributed by atoms with Crippen LogP contribution in [0, 0.1) is 0 Å². The fourth-order valence-electron chi connectivity index (χ4n) is 2.18. The third-order valence-corrected chi connectivity index (χ3v) is 4.05. The van der Waals surface area contributed by atoms with Gasteiger partial charge in [-0.25, -0.2) is 4.98 Å². The zero-order chi connectivity index (χ0) is 14.2. The molecule has 0 radical (unpaired) electrons. The molecule has 0 amide bonds. The standard InChI is InChI=1S/C15H9N3O2S/c19-9-11-13(10-5-2-1-3-6-10)16-15-18(11)17-14(21-15)12-7-4-8-20-12/h1-9H. The molecule has 0 spiro atoms.